The first-order valence-corrected chi connectivity index (χ1v) is 8.46. The molecule has 0 bridgehead atoms. The van der Waals surface area contributed by atoms with Gasteiger partial charge in [0, 0.05) is 5.41 Å². The number of nitrogens with one attached hydrogen (secondary N) is 3. The van der Waals surface area contributed by atoms with Crippen molar-refractivity contribution in [3.05, 3.63) is 72.9 Å². The molecule has 2 heterocycles. The van der Waals surface area contributed by atoms with Crippen molar-refractivity contribution in [2.24, 2.45) is 0 Å². The van der Waals surface area contributed by atoms with Gasteiger partial charge in [0.25, 0.3) is 11.1 Å². The largest absolute Gasteiger partial charge is 0.504 e. The van der Waals surface area contributed by atoms with Crippen LogP contribution in [0.5, 0.6) is 0 Å². The molecule has 3 rings (SSSR count). The van der Waals surface area contributed by atoms with Gasteiger partial charge < -0.3 is 20.1 Å². The molecule has 4 N–H and O–H groups in total. The van der Waals surface area contributed by atoms with Gasteiger partial charge >= 0.3 is 0 Å². The molecule has 2 aromatic rings. The molecule has 0 spiro atoms. The van der Waals surface area contributed by atoms with Gasteiger partial charge in [-0.05, 0) is 24.5 Å². The molecule has 0 aliphatic heterocycles. The number of aromatic nitrogens is 4. The lowest BCUT2D eigenvalue weighted by Gasteiger charge is -2.17. The molecule has 0 radical (unpaired) electrons. The molecule has 0 amide bonds. The molecule has 2 aromatic heterocycles. The molecule has 1 aliphatic carbocycles. The van der Waals surface area contributed by atoms with E-state index in [0.29, 0.717) is 5.69 Å². The minimum absolute atomic E-state index is 0.141. The second-order valence-electron chi connectivity index (χ2n) is 7.25. The van der Waals surface area contributed by atoms with Crippen molar-refractivity contribution < 1.29 is 5.11 Å². The van der Waals surface area contributed by atoms with Crippen molar-refractivity contribution in [3.63, 3.8) is 0 Å². The number of aliphatic hydroxyl groups excluding tert-OH is 1. The molecule has 0 unspecified atom stereocenters. The summed E-state index contributed by atoms with van der Waals surface area (Å²) in [6, 6.07) is 0. The highest BCUT2D eigenvalue weighted by Crippen LogP contribution is 2.25. The Labute approximate surface area is 149 Å². The highest BCUT2D eigenvalue weighted by molar-refractivity contribution is 5.57. The van der Waals surface area contributed by atoms with Gasteiger partial charge in [-0.1, -0.05) is 39.0 Å². The molecule has 1 aliphatic rings. The second-order valence-corrected chi connectivity index (χ2v) is 7.25. The lowest BCUT2D eigenvalue weighted by molar-refractivity contribution is 0.492. The number of H-pyrrole nitrogens is 3. The van der Waals surface area contributed by atoms with E-state index in [9.17, 15) is 14.7 Å². The van der Waals surface area contributed by atoms with Gasteiger partial charge in [0.1, 0.15) is 11.0 Å². The van der Waals surface area contributed by atoms with E-state index in [-0.39, 0.29) is 27.6 Å². The number of imidazole rings is 1. The highest BCUT2D eigenvalue weighted by Gasteiger charge is 2.23. The van der Waals surface area contributed by atoms with E-state index in [4.69, 9.17) is 0 Å². The van der Waals surface area contributed by atoms with Gasteiger partial charge in [0.2, 0.25) is 0 Å². The van der Waals surface area contributed by atoms with Crippen LogP contribution in [-0.2, 0) is 5.41 Å². The smallest absolute Gasteiger partial charge is 0.276 e. The summed E-state index contributed by atoms with van der Waals surface area (Å²) in [7, 11) is 0. The van der Waals surface area contributed by atoms with Crippen molar-refractivity contribution in [2.45, 2.75) is 39.0 Å². The Bertz CT molecular complexity index is 1120. The summed E-state index contributed by atoms with van der Waals surface area (Å²) in [4.78, 5) is 36.9. The fourth-order valence-corrected chi connectivity index (χ4v) is 2.82. The van der Waals surface area contributed by atoms with Gasteiger partial charge in [0.15, 0.2) is 11.1 Å². The van der Waals surface area contributed by atoms with Crippen LogP contribution in [0.15, 0.2) is 39.7 Å². The van der Waals surface area contributed by atoms with Gasteiger partial charge in [-0.15, -0.1) is 0 Å². The van der Waals surface area contributed by atoms with E-state index < -0.39 is 11.1 Å². The Kier molecular flexibility index (Phi) is 4.54. The summed E-state index contributed by atoms with van der Waals surface area (Å²) in [5, 5.41) is 10.5. The maximum absolute atomic E-state index is 12.4. The summed E-state index contributed by atoms with van der Waals surface area (Å²) in [5.74, 6) is -0.363. The second kappa shape index (κ2) is 6.67. The average Bonchev–Trinajstić information content (AvgIpc) is 3.08. The number of hydrogen-bond acceptors (Lipinski definition) is 4. The highest BCUT2D eigenvalue weighted by atomic mass is 16.3. The summed E-state index contributed by atoms with van der Waals surface area (Å²) >= 11 is 0. The number of aromatic amines is 3. The third kappa shape index (κ3) is 3.46. The standard InChI is InChI=1S/C19H22N4O3/c1-19(2,3)16-13(20-10-21-16)15(24)14-18(26)22-12(17(25)23-14)9-11-7-5-4-6-8-11/h5,7-10,24H,4,6H2,1-3H3,(H,20,21)(H,22,26)(H,23,25)/b12-9-,15-14+. The normalized spacial score (nSPS) is 16.6. The van der Waals surface area contributed by atoms with E-state index >= 15 is 0 Å². The zero-order valence-corrected chi connectivity index (χ0v) is 15.0. The van der Waals surface area contributed by atoms with Gasteiger partial charge in [-0.3, -0.25) is 9.59 Å². The van der Waals surface area contributed by atoms with Crippen molar-refractivity contribution >= 4 is 11.8 Å². The summed E-state index contributed by atoms with van der Waals surface area (Å²) in [6.45, 7) is 5.86. The van der Waals surface area contributed by atoms with Gasteiger partial charge in [-0.2, -0.15) is 0 Å². The molecule has 0 atom stereocenters. The van der Waals surface area contributed by atoms with Crippen LogP contribution >= 0.6 is 0 Å². The van der Waals surface area contributed by atoms with Gasteiger partial charge in [-0.25, -0.2) is 4.98 Å². The first kappa shape index (κ1) is 17.7. The Hall–Kier alpha value is -3.09. The fraction of sp³-hybridized carbons (Fsp3) is 0.316. The monoisotopic (exact) mass is 354 g/mol. The van der Waals surface area contributed by atoms with Crippen molar-refractivity contribution in [1.29, 1.82) is 0 Å². The van der Waals surface area contributed by atoms with Crippen LogP contribution in [0.2, 0.25) is 0 Å². The van der Waals surface area contributed by atoms with E-state index in [2.05, 4.69) is 19.9 Å². The number of nitrogens with zero attached hydrogens (tertiary/aromatic N) is 1. The molecular weight excluding hydrogens is 332 g/mol. The molecule has 7 heteroatoms. The lowest BCUT2D eigenvalue weighted by atomic mass is 9.90. The predicted molar refractivity (Wildman–Crippen MR) is 100 cm³/mol. The molecular formula is C19H22N4O3. The van der Waals surface area contributed by atoms with Crippen LogP contribution in [0.1, 0.15) is 45.0 Å². The Morgan fingerprint density at radius 2 is 1.96 bits per heavy atom. The van der Waals surface area contributed by atoms with Crippen molar-refractivity contribution in [1.82, 2.24) is 19.9 Å². The topological polar surface area (TPSA) is 115 Å². The number of allylic oxidation sites excluding steroid dienone is 4. The SMILES string of the molecule is CC(C)(C)c1[nH]cnc1/C(O)=c1\[nH]c(=O)/c(=C/C2=CCCC=C2)[nH]c1=O. The average molecular weight is 354 g/mol. The van der Waals surface area contributed by atoms with Gasteiger partial charge in [0.05, 0.1) is 12.0 Å². The maximum atomic E-state index is 12.4. The minimum Gasteiger partial charge on any atom is -0.504 e. The number of aliphatic hydroxyl groups is 1. The summed E-state index contributed by atoms with van der Waals surface area (Å²) in [5.41, 5.74) is 0.383. The Morgan fingerprint density at radius 3 is 2.62 bits per heavy atom. The fourth-order valence-electron chi connectivity index (χ4n) is 2.82. The van der Waals surface area contributed by atoms with Crippen LogP contribution in [0.25, 0.3) is 11.8 Å². The van der Waals surface area contributed by atoms with E-state index in [1.807, 2.05) is 39.0 Å². The van der Waals surface area contributed by atoms with Crippen LogP contribution in [0, 0.1) is 0 Å². The lowest BCUT2D eigenvalue weighted by Crippen LogP contribution is -2.48. The Balaban J connectivity index is 2.19. The molecule has 136 valence electrons. The summed E-state index contributed by atoms with van der Waals surface area (Å²) < 4.78 is 0. The van der Waals surface area contributed by atoms with Crippen LogP contribution < -0.4 is 21.8 Å². The molecule has 7 nitrogen and oxygen atoms in total. The zero-order valence-electron chi connectivity index (χ0n) is 15.0. The van der Waals surface area contributed by atoms with E-state index in [1.54, 1.807) is 6.08 Å². The molecule has 26 heavy (non-hydrogen) atoms. The van der Waals surface area contributed by atoms with E-state index in [1.165, 1.54) is 6.33 Å². The number of rotatable bonds is 2. The number of hydrogen-bond donors (Lipinski definition) is 4. The van der Waals surface area contributed by atoms with Crippen LogP contribution in [0.4, 0.5) is 0 Å². The van der Waals surface area contributed by atoms with Crippen LogP contribution in [0.3, 0.4) is 0 Å². The first-order chi connectivity index (χ1) is 12.3. The zero-order chi connectivity index (χ0) is 18.9. The molecule has 0 saturated carbocycles. The third-order valence-electron chi connectivity index (χ3n) is 4.14. The van der Waals surface area contributed by atoms with Crippen molar-refractivity contribution in [3.8, 4) is 0 Å². The quantitative estimate of drug-likeness (QED) is 0.640. The predicted octanol–water partition coefficient (Wildman–Crippen LogP) is 0.855. The first-order valence-electron chi connectivity index (χ1n) is 8.46. The van der Waals surface area contributed by atoms with E-state index in [0.717, 1.165) is 18.4 Å². The third-order valence-corrected chi connectivity index (χ3v) is 4.14. The maximum Gasteiger partial charge on any atom is 0.276 e. The molecule has 0 aromatic carbocycles. The Morgan fingerprint density at radius 1 is 1.19 bits per heavy atom. The minimum atomic E-state index is -0.586. The van der Waals surface area contributed by atoms with Crippen molar-refractivity contribution in [2.75, 3.05) is 0 Å². The molecule has 0 saturated heterocycles. The van der Waals surface area contributed by atoms with Crippen LogP contribution in [-0.4, -0.2) is 25.0 Å². The molecule has 0 fully saturated rings. The summed E-state index contributed by atoms with van der Waals surface area (Å²) in [6.07, 6.45) is 10.8.